The van der Waals surface area contributed by atoms with Crippen molar-refractivity contribution in [3.05, 3.63) is 30.1 Å². The van der Waals surface area contributed by atoms with E-state index in [0.29, 0.717) is 37.3 Å². The summed E-state index contributed by atoms with van der Waals surface area (Å²) in [5, 5.41) is 24.3. The zero-order valence-electron chi connectivity index (χ0n) is 15.6. The van der Waals surface area contributed by atoms with Gasteiger partial charge < -0.3 is 26.4 Å². The first-order valence-electron chi connectivity index (χ1n) is 9.02. The predicted octanol–water partition coefficient (Wildman–Crippen LogP) is -0.512. The molecular formula is C17H29BN4O4S. The maximum atomic E-state index is 12.6. The van der Waals surface area contributed by atoms with Crippen molar-refractivity contribution in [2.45, 2.75) is 44.1 Å². The largest absolute Gasteiger partial charge is 0.475 e. The SMILES string of the molecule is CSCC[C@H](NC(=O)[C@H](CCCCN)NC(=O)Cc1ccccn1)B(O)O. The van der Waals surface area contributed by atoms with E-state index in [9.17, 15) is 19.6 Å². The second-order valence-corrected chi connectivity index (χ2v) is 7.20. The van der Waals surface area contributed by atoms with E-state index < -0.39 is 25.0 Å². The molecule has 0 aliphatic rings. The van der Waals surface area contributed by atoms with Crippen molar-refractivity contribution >= 4 is 30.7 Å². The molecule has 0 saturated heterocycles. The lowest BCUT2D eigenvalue weighted by Crippen LogP contribution is -2.54. The topological polar surface area (TPSA) is 138 Å². The molecule has 0 aromatic carbocycles. The van der Waals surface area contributed by atoms with E-state index in [1.807, 2.05) is 6.26 Å². The first kappa shape index (κ1) is 23.4. The lowest BCUT2D eigenvalue weighted by atomic mass is 9.77. The molecule has 1 aromatic rings. The zero-order valence-corrected chi connectivity index (χ0v) is 16.5. The van der Waals surface area contributed by atoms with Crippen LogP contribution in [0.25, 0.3) is 0 Å². The Morgan fingerprint density at radius 1 is 1.26 bits per heavy atom. The number of hydrogen-bond donors (Lipinski definition) is 5. The summed E-state index contributed by atoms with van der Waals surface area (Å²) in [6.07, 6.45) is 5.83. The Hall–Kier alpha value is -1.62. The van der Waals surface area contributed by atoms with Gasteiger partial charge in [-0.15, -0.1) is 0 Å². The standard InChI is InChI=1S/C17H29BN4O4S/c1-27-11-8-15(18(25)26)22-17(24)14(7-2-4-9-19)21-16(23)12-13-6-3-5-10-20-13/h3,5-6,10,14-15,25-26H,2,4,7-9,11-12,19H2,1H3,(H,21,23)(H,22,24)/t14-,15-/m0/s1. The van der Waals surface area contributed by atoms with Gasteiger partial charge in [-0.1, -0.05) is 6.07 Å². The van der Waals surface area contributed by atoms with Crippen molar-refractivity contribution in [2.75, 3.05) is 18.6 Å². The van der Waals surface area contributed by atoms with Gasteiger partial charge in [0.1, 0.15) is 6.04 Å². The number of rotatable bonds is 13. The van der Waals surface area contributed by atoms with E-state index in [2.05, 4.69) is 15.6 Å². The Labute approximate surface area is 164 Å². The minimum absolute atomic E-state index is 0.0695. The van der Waals surface area contributed by atoms with Crippen molar-refractivity contribution in [2.24, 2.45) is 5.73 Å². The summed E-state index contributed by atoms with van der Waals surface area (Å²) in [4.78, 5) is 29.0. The predicted molar refractivity (Wildman–Crippen MR) is 108 cm³/mol. The fraction of sp³-hybridized carbons (Fsp3) is 0.588. The lowest BCUT2D eigenvalue weighted by molar-refractivity contribution is -0.129. The summed E-state index contributed by atoms with van der Waals surface area (Å²) in [5.74, 6) is -0.853. The maximum absolute atomic E-state index is 12.6. The van der Waals surface area contributed by atoms with Crippen LogP contribution in [0.15, 0.2) is 24.4 Å². The van der Waals surface area contributed by atoms with Gasteiger partial charge in [-0.3, -0.25) is 14.6 Å². The molecule has 0 fully saturated rings. The first-order chi connectivity index (χ1) is 13.0. The van der Waals surface area contributed by atoms with Crippen molar-refractivity contribution in [1.82, 2.24) is 15.6 Å². The number of pyridine rings is 1. The maximum Gasteiger partial charge on any atom is 0.475 e. The van der Waals surface area contributed by atoms with E-state index in [4.69, 9.17) is 5.73 Å². The number of carbonyl (C=O) groups is 2. The highest BCUT2D eigenvalue weighted by Crippen LogP contribution is 2.06. The van der Waals surface area contributed by atoms with E-state index in [-0.39, 0.29) is 12.3 Å². The normalized spacial score (nSPS) is 12.9. The van der Waals surface area contributed by atoms with Gasteiger partial charge in [0.25, 0.3) is 0 Å². The molecule has 0 spiro atoms. The van der Waals surface area contributed by atoms with Gasteiger partial charge in [-0.05, 0) is 56.4 Å². The van der Waals surface area contributed by atoms with Crippen molar-refractivity contribution in [3.8, 4) is 0 Å². The quantitative estimate of drug-likeness (QED) is 0.224. The Kier molecular flexibility index (Phi) is 11.7. The minimum atomic E-state index is -1.66. The van der Waals surface area contributed by atoms with Gasteiger partial charge in [0.2, 0.25) is 11.8 Å². The second-order valence-electron chi connectivity index (χ2n) is 6.21. The van der Waals surface area contributed by atoms with Crippen LogP contribution in [0.2, 0.25) is 0 Å². The van der Waals surface area contributed by atoms with E-state index in [1.165, 1.54) is 0 Å². The first-order valence-corrected chi connectivity index (χ1v) is 10.4. The van der Waals surface area contributed by atoms with Crippen LogP contribution in [0.3, 0.4) is 0 Å². The van der Waals surface area contributed by atoms with Crippen LogP contribution in [-0.2, 0) is 16.0 Å². The number of amides is 2. The minimum Gasteiger partial charge on any atom is -0.426 e. The Morgan fingerprint density at radius 2 is 2.04 bits per heavy atom. The third-order valence-electron chi connectivity index (χ3n) is 3.99. The fourth-order valence-corrected chi connectivity index (χ4v) is 2.99. The highest BCUT2D eigenvalue weighted by molar-refractivity contribution is 7.98. The number of hydrogen-bond acceptors (Lipinski definition) is 7. The van der Waals surface area contributed by atoms with Gasteiger partial charge in [-0.2, -0.15) is 11.8 Å². The molecule has 1 rings (SSSR count). The van der Waals surface area contributed by atoms with Crippen LogP contribution in [0.5, 0.6) is 0 Å². The van der Waals surface area contributed by atoms with Crippen LogP contribution >= 0.6 is 11.8 Å². The Bertz CT molecular complexity index is 565. The number of nitrogens with one attached hydrogen (secondary N) is 2. The lowest BCUT2D eigenvalue weighted by Gasteiger charge is -2.23. The summed E-state index contributed by atoms with van der Waals surface area (Å²) in [6.45, 7) is 0.502. The molecule has 8 nitrogen and oxygen atoms in total. The smallest absolute Gasteiger partial charge is 0.426 e. The average molecular weight is 396 g/mol. The molecule has 0 bridgehead atoms. The highest BCUT2D eigenvalue weighted by atomic mass is 32.2. The molecule has 0 aliphatic carbocycles. The van der Waals surface area contributed by atoms with Crippen LogP contribution in [0, 0.1) is 0 Å². The molecule has 6 N–H and O–H groups in total. The van der Waals surface area contributed by atoms with Gasteiger partial charge in [-0.25, -0.2) is 0 Å². The highest BCUT2D eigenvalue weighted by Gasteiger charge is 2.28. The number of nitrogens with zero attached hydrogens (tertiary/aromatic N) is 1. The van der Waals surface area contributed by atoms with E-state index >= 15 is 0 Å². The molecule has 0 unspecified atom stereocenters. The van der Waals surface area contributed by atoms with Crippen molar-refractivity contribution < 1.29 is 19.6 Å². The molecule has 0 saturated carbocycles. The van der Waals surface area contributed by atoms with Gasteiger partial charge >= 0.3 is 7.12 Å². The number of unbranched alkanes of at least 4 members (excludes halogenated alkanes) is 1. The van der Waals surface area contributed by atoms with Crippen LogP contribution in [0.1, 0.15) is 31.4 Å². The second kappa shape index (κ2) is 13.5. The molecule has 1 aromatic heterocycles. The molecule has 0 aliphatic heterocycles. The number of aromatic nitrogens is 1. The summed E-state index contributed by atoms with van der Waals surface area (Å²) in [7, 11) is -1.66. The molecule has 150 valence electrons. The molecule has 2 atom stereocenters. The molecule has 1 heterocycles. The van der Waals surface area contributed by atoms with E-state index in [1.54, 1.807) is 36.2 Å². The summed E-state index contributed by atoms with van der Waals surface area (Å²) >= 11 is 1.55. The summed E-state index contributed by atoms with van der Waals surface area (Å²) in [6, 6.07) is 4.53. The van der Waals surface area contributed by atoms with Crippen LogP contribution < -0.4 is 16.4 Å². The third kappa shape index (κ3) is 9.76. The number of nitrogens with two attached hydrogens (primary N) is 1. The Morgan fingerprint density at radius 3 is 2.63 bits per heavy atom. The average Bonchev–Trinajstić information content (AvgIpc) is 2.64. The molecule has 0 radical (unpaired) electrons. The fourth-order valence-electron chi connectivity index (χ4n) is 2.50. The van der Waals surface area contributed by atoms with Crippen LogP contribution in [-0.4, -0.2) is 64.5 Å². The van der Waals surface area contributed by atoms with Gasteiger partial charge in [0.05, 0.1) is 12.4 Å². The summed E-state index contributed by atoms with van der Waals surface area (Å²) in [5.41, 5.74) is 6.12. The molecule has 27 heavy (non-hydrogen) atoms. The molecule has 10 heteroatoms. The van der Waals surface area contributed by atoms with Crippen molar-refractivity contribution in [3.63, 3.8) is 0 Å². The number of carbonyl (C=O) groups excluding carboxylic acids is 2. The third-order valence-corrected chi connectivity index (χ3v) is 4.63. The Balaban J connectivity index is 2.69. The van der Waals surface area contributed by atoms with Crippen LogP contribution in [0.4, 0.5) is 0 Å². The van der Waals surface area contributed by atoms with Gasteiger partial charge in [0.15, 0.2) is 0 Å². The zero-order chi connectivity index (χ0) is 20.1. The summed E-state index contributed by atoms with van der Waals surface area (Å²) < 4.78 is 0. The monoisotopic (exact) mass is 396 g/mol. The molecule has 2 amide bonds. The van der Waals surface area contributed by atoms with E-state index in [0.717, 1.165) is 6.42 Å². The molecular weight excluding hydrogens is 367 g/mol. The number of thioether (sulfide) groups is 1. The van der Waals surface area contributed by atoms with Crippen molar-refractivity contribution in [1.29, 1.82) is 0 Å². The van der Waals surface area contributed by atoms with Gasteiger partial charge in [0, 0.05) is 11.9 Å².